The molecular formula is C45H50ClN9O3. The lowest BCUT2D eigenvalue weighted by Gasteiger charge is -2.63. The summed E-state index contributed by atoms with van der Waals surface area (Å²) >= 11 is 6.27. The van der Waals surface area contributed by atoms with Crippen molar-refractivity contribution in [2.24, 2.45) is 10.8 Å². The van der Waals surface area contributed by atoms with E-state index in [2.05, 4.69) is 83.6 Å². The molecule has 4 heterocycles. The summed E-state index contributed by atoms with van der Waals surface area (Å²) in [6.07, 6.45) is 6.90. The Kier molecular flexibility index (Phi) is 9.61. The molecule has 2 aliphatic heterocycles. The molecule has 1 unspecified atom stereocenters. The smallest absolute Gasteiger partial charge is 0.226 e. The Morgan fingerprint density at radius 1 is 1.02 bits per heavy atom. The Bertz CT molecular complexity index is 2410. The number of fused-ring (bicyclic) bond motifs is 2. The molecule has 5 aromatic rings. The number of nitrogens with one attached hydrogen (secondary N) is 3. The molecule has 4 aliphatic rings. The van der Waals surface area contributed by atoms with Crippen molar-refractivity contribution in [3.63, 3.8) is 0 Å². The van der Waals surface area contributed by atoms with Crippen molar-refractivity contribution < 1.29 is 14.6 Å². The minimum absolute atomic E-state index is 0.0256. The molecule has 9 rings (SSSR count). The molecule has 13 heteroatoms. The van der Waals surface area contributed by atoms with Crippen LogP contribution in [0.4, 0.5) is 17.3 Å². The molecule has 0 spiro atoms. The maximum atomic E-state index is 12.4. The summed E-state index contributed by atoms with van der Waals surface area (Å²) in [4.78, 5) is 24.1. The van der Waals surface area contributed by atoms with Crippen molar-refractivity contribution in [1.82, 2.24) is 25.1 Å². The fourth-order valence-electron chi connectivity index (χ4n) is 9.95. The molecule has 300 valence electrons. The number of hydrogen-bond donors (Lipinski definition) is 4. The van der Waals surface area contributed by atoms with Crippen molar-refractivity contribution in [3.05, 3.63) is 88.8 Å². The number of ether oxygens (including phenoxy) is 1. The van der Waals surface area contributed by atoms with Gasteiger partial charge in [0.1, 0.15) is 24.2 Å². The lowest BCUT2D eigenvalue weighted by Crippen LogP contribution is -2.74. The first kappa shape index (κ1) is 38.3. The van der Waals surface area contributed by atoms with Gasteiger partial charge in [0, 0.05) is 83.3 Å². The highest BCUT2D eigenvalue weighted by atomic mass is 35.5. The Balaban J connectivity index is 0.858. The quantitative estimate of drug-likeness (QED) is 0.107. The SMILES string of the molecule is C[C@@H]1CC(=O)Nc2cccc(-c3ccc4c(c3)c(C3CC3)nn4C3CCN(c4ncc(C(O)NC5C(C)(C)C(Oc6ccc(C#N)c(Cl)c6)C5(C)C)cn4)CC3)c2N1. The molecule has 2 aliphatic carbocycles. The van der Waals surface area contributed by atoms with Crippen molar-refractivity contribution in [1.29, 1.82) is 5.26 Å². The summed E-state index contributed by atoms with van der Waals surface area (Å²) in [6, 6.07) is 20.2. The third kappa shape index (κ3) is 6.83. The maximum absolute atomic E-state index is 12.4. The first-order chi connectivity index (χ1) is 27.8. The first-order valence-electron chi connectivity index (χ1n) is 20.4. The molecule has 12 nitrogen and oxygen atoms in total. The van der Waals surface area contributed by atoms with Gasteiger partial charge in [0.2, 0.25) is 11.9 Å². The fraction of sp³-hybridized carbons (Fsp3) is 0.444. The van der Waals surface area contributed by atoms with E-state index in [1.165, 1.54) is 23.9 Å². The zero-order valence-corrected chi connectivity index (χ0v) is 34.3. The van der Waals surface area contributed by atoms with Crippen molar-refractivity contribution in [3.8, 4) is 22.9 Å². The minimum Gasteiger partial charge on any atom is -0.489 e. The second-order valence-electron chi connectivity index (χ2n) is 17.8. The second kappa shape index (κ2) is 14.6. The van der Waals surface area contributed by atoms with Crippen LogP contribution in [0.2, 0.25) is 5.02 Å². The van der Waals surface area contributed by atoms with Crippen LogP contribution in [-0.4, -0.2) is 62.0 Å². The third-order valence-electron chi connectivity index (χ3n) is 12.8. The van der Waals surface area contributed by atoms with Crippen LogP contribution in [0.25, 0.3) is 22.0 Å². The van der Waals surface area contributed by atoms with E-state index in [1.807, 2.05) is 19.1 Å². The Labute approximate surface area is 344 Å². The molecule has 58 heavy (non-hydrogen) atoms. The second-order valence-corrected chi connectivity index (χ2v) is 18.2. The van der Waals surface area contributed by atoms with Gasteiger partial charge < -0.3 is 25.4 Å². The minimum atomic E-state index is -0.958. The molecule has 3 aromatic carbocycles. The van der Waals surface area contributed by atoms with Gasteiger partial charge in [-0.1, -0.05) is 57.5 Å². The molecule has 1 saturated heterocycles. The van der Waals surface area contributed by atoms with Gasteiger partial charge in [0.25, 0.3) is 0 Å². The van der Waals surface area contributed by atoms with Crippen LogP contribution in [0, 0.1) is 22.2 Å². The summed E-state index contributed by atoms with van der Waals surface area (Å²) in [6.45, 7) is 12.1. The number of nitrogens with zero attached hydrogens (tertiary/aromatic N) is 6. The normalized spacial score (nSPS) is 23.2. The predicted octanol–water partition coefficient (Wildman–Crippen LogP) is 8.34. The average molecular weight is 800 g/mol. The number of amides is 1. The maximum Gasteiger partial charge on any atom is 0.226 e. The van der Waals surface area contributed by atoms with Crippen LogP contribution in [-0.2, 0) is 4.79 Å². The van der Waals surface area contributed by atoms with Gasteiger partial charge in [-0.15, -0.1) is 0 Å². The standard InChI is InChI=1S/C45H50ClN9O3/c1-25-19-37(56)51-35-8-6-7-32(39(35)50-25)27-12-14-36-33(20-27)38(26-9-10-26)53-55(36)30-15-17-54(18-16-30)43-48-23-29(24-49-43)40(57)52-41-44(2,3)42(45(41,4)5)58-31-13-11-28(22-47)34(46)21-31/h6-8,11-14,20-21,23-26,30,40-42,50,52,57H,9-10,15-19H2,1-5H3,(H,51,56)/t25-,40?,41?,42?/m1/s1. The molecule has 1 amide bonds. The summed E-state index contributed by atoms with van der Waals surface area (Å²) in [5.74, 6) is 1.78. The number of hydrogen-bond acceptors (Lipinski definition) is 10. The zero-order valence-electron chi connectivity index (χ0n) is 33.6. The zero-order chi connectivity index (χ0) is 40.5. The average Bonchev–Trinajstić information content (AvgIpc) is 4.01. The van der Waals surface area contributed by atoms with Gasteiger partial charge >= 0.3 is 0 Å². The van der Waals surface area contributed by atoms with E-state index in [0.29, 0.717) is 40.2 Å². The van der Waals surface area contributed by atoms with Crippen LogP contribution in [0.3, 0.4) is 0 Å². The molecular weight excluding hydrogens is 750 g/mol. The fourth-order valence-corrected chi connectivity index (χ4v) is 10.2. The number of rotatable bonds is 9. The van der Waals surface area contributed by atoms with E-state index in [1.54, 1.807) is 30.6 Å². The highest BCUT2D eigenvalue weighted by molar-refractivity contribution is 6.31. The van der Waals surface area contributed by atoms with E-state index in [0.717, 1.165) is 53.9 Å². The molecule has 3 fully saturated rings. The van der Waals surface area contributed by atoms with Crippen LogP contribution >= 0.6 is 11.6 Å². The lowest BCUT2D eigenvalue weighted by atomic mass is 9.49. The molecule has 2 aromatic heterocycles. The highest BCUT2D eigenvalue weighted by Crippen LogP contribution is 2.56. The summed E-state index contributed by atoms with van der Waals surface area (Å²) < 4.78 is 8.68. The van der Waals surface area contributed by atoms with Gasteiger partial charge in [-0.25, -0.2) is 9.97 Å². The number of aliphatic hydroxyl groups excluding tert-OH is 1. The number of halogens is 1. The number of para-hydroxylation sites is 1. The number of nitriles is 1. The molecule has 0 radical (unpaired) electrons. The van der Waals surface area contributed by atoms with Gasteiger partial charge in [0.15, 0.2) is 0 Å². The topological polar surface area (TPSA) is 153 Å². The number of anilines is 3. The number of carbonyl (C=O) groups is 1. The molecule has 2 saturated carbocycles. The van der Waals surface area contributed by atoms with Crippen LogP contribution < -0.4 is 25.6 Å². The number of benzene rings is 3. The van der Waals surface area contributed by atoms with E-state index in [-0.39, 0.29) is 41.0 Å². The first-order valence-corrected chi connectivity index (χ1v) is 20.8. The summed E-state index contributed by atoms with van der Waals surface area (Å²) in [7, 11) is 0. The number of piperidine rings is 1. The number of aliphatic hydroxyl groups is 1. The van der Waals surface area contributed by atoms with E-state index < -0.39 is 6.23 Å². The molecule has 0 bridgehead atoms. The van der Waals surface area contributed by atoms with E-state index in [4.69, 9.17) is 31.4 Å². The van der Waals surface area contributed by atoms with Gasteiger partial charge in [-0.2, -0.15) is 10.4 Å². The molecule has 2 atom stereocenters. The number of aromatic nitrogens is 4. The van der Waals surface area contributed by atoms with Gasteiger partial charge in [0.05, 0.1) is 39.2 Å². The van der Waals surface area contributed by atoms with Crippen molar-refractivity contribution in [2.45, 2.75) is 103 Å². The Morgan fingerprint density at radius 2 is 1.76 bits per heavy atom. The molecule has 4 N–H and O–H groups in total. The Morgan fingerprint density at radius 3 is 2.45 bits per heavy atom. The van der Waals surface area contributed by atoms with Gasteiger partial charge in [-0.05, 0) is 68.5 Å². The van der Waals surface area contributed by atoms with Crippen LogP contribution in [0.5, 0.6) is 5.75 Å². The third-order valence-corrected chi connectivity index (χ3v) is 13.1. The Hall–Kier alpha value is -5.22. The van der Waals surface area contributed by atoms with Crippen molar-refractivity contribution in [2.75, 3.05) is 28.6 Å². The highest BCUT2D eigenvalue weighted by Gasteiger charge is 2.64. The lowest BCUT2D eigenvalue weighted by molar-refractivity contribution is -0.179. The monoisotopic (exact) mass is 799 g/mol. The van der Waals surface area contributed by atoms with E-state index >= 15 is 0 Å². The predicted molar refractivity (Wildman–Crippen MR) is 226 cm³/mol. The summed E-state index contributed by atoms with van der Waals surface area (Å²) in [5, 5.41) is 37.5. The van der Waals surface area contributed by atoms with Crippen LogP contribution in [0.15, 0.2) is 67.0 Å². The van der Waals surface area contributed by atoms with E-state index in [9.17, 15) is 15.2 Å². The van der Waals surface area contributed by atoms with Crippen LogP contribution in [0.1, 0.15) is 102 Å². The largest absolute Gasteiger partial charge is 0.489 e. The summed E-state index contributed by atoms with van der Waals surface area (Å²) in [5.41, 5.74) is 6.69. The number of carbonyl (C=O) groups excluding carboxylic acids is 1. The van der Waals surface area contributed by atoms with Crippen molar-refractivity contribution >= 4 is 45.7 Å². The van der Waals surface area contributed by atoms with Gasteiger partial charge in [-0.3, -0.25) is 14.8 Å².